The zero-order valence-electron chi connectivity index (χ0n) is 9.24. The number of hydrogen-bond acceptors (Lipinski definition) is 3. The monoisotopic (exact) mass is 205 g/mol. The van der Waals surface area contributed by atoms with E-state index in [2.05, 4.69) is 23.3 Å². The number of aromatic nitrogens is 1. The Morgan fingerprint density at radius 1 is 1.53 bits per heavy atom. The molecule has 1 aromatic rings. The molecule has 1 saturated carbocycles. The highest BCUT2D eigenvalue weighted by Gasteiger charge is 2.23. The quantitative estimate of drug-likeness (QED) is 0.792. The van der Waals surface area contributed by atoms with Gasteiger partial charge in [0.2, 0.25) is 0 Å². The molecule has 1 fully saturated rings. The van der Waals surface area contributed by atoms with Crippen LogP contribution < -0.4 is 11.1 Å². The van der Waals surface area contributed by atoms with Gasteiger partial charge in [-0.15, -0.1) is 0 Å². The molecule has 1 aliphatic rings. The van der Waals surface area contributed by atoms with Gasteiger partial charge in [-0.3, -0.25) is 0 Å². The van der Waals surface area contributed by atoms with Gasteiger partial charge in [0.15, 0.2) is 0 Å². The minimum Gasteiger partial charge on any atom is -0.370 e. The number of nitrogens with zero attached hydrogens (tertiary/aromatic N) is 1. The van der Waals surface area contributed by atoms with Gasteiger partial charge < -0.3 is 11.1 Å². The third-order valence-electron chi connectivity index (χ3n) is 3.26. The Morgan fingerprint density at radius 3 is 3.07 bits per heavy atom. The summed E-state index contributed by atoms with van der Waals surface area (Å²) in [6, 6.07) is 4.41. The summed E-state index contributed by atoms with van der Waals surface area (Å²) in [5.74, 6) is 1.61. The van der Waals surface area contributed by atoms with Crippen LogP contribution in [0.1, 0.15) is 24.8 Å². The predicted octanol–water partition coefficient (Wildman–Crippen LogP) is 1.93. The summed E-state index contributed by atoms with van der Waals surface area (Å²) in [6.45, 7) is 3.03. The molecule has 1 aromatic heterocycles. The lowest BCUT2D eigenvalue weighted by atomic mass is 10.0. The van der Waals surface area contributed by atoms with Gasteiger partial charge in [0.25, 0.3) is 0 Å². The van der Waals surface area contributed by atoms with Crippen LogP contribution in [-0.4, -0.2) is 17.6 Å². The first-order valence-corrected chi connectivity index (χ1v) is 5.68. The topological polar surface area (TPSA) is 50.9 Å². The molecule has 1 heterocycles. The Labute approximate surface area is 91.1 Å². The summed E-state index contributed by atoms with van der Waals surface area (Å²) in [4.78, 5) is 4.31. The number of rotatable bonds is 3. The van der Waals surface area contributed by atoms with E-state index in [9.17, 15) is 0 Å². The Kier molecular flexibility index (Phi) is 3.21. The number of hydrogen-bond donors (Lipinski definition) is 2. The molecule has 15 heavy (non-hydrogen) atoms. The normalized spacial score (nSPS) is 25.5. The van der Waals surface area contributed by atoms with Crippen molar-refractivity contribution in [2.45, 2.75) is 32.2 Å². The van der Waals surface area contributed by atoms with Crippen molar-refractivity contribution in [3.8, 4) is 0 Å². The highest BCUT2D eigenvalue weighted by atomic mass is 15.0. The third kappa shape index (κ3) is 2.48. The van der Waals surface area contributed by atoms with Crippen molar-refractivity contribution >= 4 is 5.82 Å². The van der Waals surface area contributed by atoms with Crippen LogP contribution in [0.25, 0.3) is 0 Å². The zero-order chi connectivity index (χ0) is 10.7. The SMILES string of the molecule is Cc1cccnc1NCC1CCCC1N. The van der Waals surface area contributed by atoms with E-state index in [-0.39, 0.29) is 0 Å². The first-order chi connectivity index (χ1) is 7.27. The van der Waals surface area contributed by atoms with E-state index in [0.29, 0.717) is 12.0 Å². The molecule has 0 amide bonds. The Morgan fingerprint density at radius 2 is 2.40 bits per heavy atom. The predicted molar refractivity (Wildman–Crippen MR) is 62.8 cm³/mol. The Balaban J connectivity index is 1.90. The summed E-state index contributed by atoms with van der Waals surface area (Å²) in [7, 11) is 0. The zero-order valence-corrected chi connectivity index (χ0v) is 9.24. The lowest BCUT2D eigenvalue weighted by Crippen LogP contribution is -2.29. The van der Waals surface area contributed by atoms with E-state index in [0.717, 1.165) is 12.4 Å². The number of aryl methyl sites for hydroxylation is 1. The lowest BCUT2D eigenvalue weighted by Gasteiger charge is -2.16. The van der Waals surface area contributed by atoms with Gasteiger partial charge in [-0.2, -0.15) is 0 Å². The molecule has 2 atom stereocenters. The van der Waals surface area contributed by atoms with Gasteiger partial charge >= 0.3 is 0 Å². The fourth-order valence-corrected chi connectivity index (χ4v) is 2.22. The second-order valence-corrected chi connectivity index (χ2v) is 4.40. The van der Waals surface area contributed by atoms with E-state index in [1.54, 1.807) is 0 Å². The van der Waals surface area contributed by atoms with E-state index >= 15 is 0 Å². The van der Waals surface area contributed by atoms with E-state index < -0.39 is 0 Å². The van der Waals surface area contributed by atoms with Crippen molar-refractivity contribution in [1.82, 2.24) is 4.98 Å². The fourth-order valence-electron chi connectivity index (χ4n) is 2.22. The maximum Gasteiger partial charge on any atom is 0.128 e. The second-order valence-electron chi connectivity index (χ2n) is 4.40. The first-order valence-electron chi connectivity index (χ1n) is 5.68. The van der Waals surface area contributed by atoms with Crippen LogP contribution in [0.5, 0.6) is 0 Å². The standard InChI is InChI=1S/C12H19N3/c1-9-4-3-7-14-12(9)15-8-10-5-2-6-11(10)13/h3-4,7,10-11H,2,5-6,8,13H2,1H3,(H,14,15). The highest BCUT2D eigenvalue weighted by Crippen LogP contribution is 2.24. The smallest absolute Gasteiger partial charge is 0.128 e. The van der Waals surface area contributed by atoms with Crippen LogP contribution in [0.2, 0.25) is 0 Å². The van der Waals surface area contributed by atoms with Crippen LogP contribution in [-0.2, 0) is 0 Å². The summed E-state index contributed by atoms with van der Waals surface area (Å²) in [6.07, 6.45) is 5.52. The van der Waals surface area contributed by atoms with Gasteiger partial charge in [0.05, 0.1) is 0 Å². The van der Waals surface area contributed by atoms with Crippen molar-refractivity contribution in [1.29, 1.82) is 0 Å². The van der Waals surface area contributed by atoms with Crippen LogP contribution in [0.15, 0.2) is 18.3 Å². The molecule has 0 spiro atoms. The van der Waals surface area contributed by atoms with Crippen molar-refractivity contribution in [2.24, 2.45) is 11.7 Å². The van der Waals surface area contributed by atoms with E-state index in [1.165, 1.54) is 24.8 Å². The molecule has 82 valence electrons. The molecular weight excluding hydrogens is 186 g/mol. The average molecular weight is 205 g/mol. The minimum atomic E-state index is 0.376. The van der Waals surface area contributed by atoms with Gasteiger partial charge in [0, 0.05) is 18.8 Å². The van der Waals surface area contributed by atoms with Crippen molar-refractivity contribution in [3.05, 3.63) is 23.9 Å². The third-order valence-corrected chi connectivity index (χ3v) is 3.26. The Hall–Kier alpha value is -1.09. The highest BCUT2D eigenvalue weighted by molar-refractivity contribution is 5.42. The number of pyridine rings is 1. The molecule has 1 aliphatic carbocycles. The minimum absolute atomic E-state index is 0.376. The Bertz CT molecular complexity index is 324. The molecule has 2 unspecified atom stereocenters. The van der Waals surface area contributed by atoms with E-state index in [4.69, 9.17) is 5.73 Å². The molecule has 3 heteroatoms. The molecule has 3 nitrogen and oxygen atoms in total. The van der Waals surface area contributed by atoms with Crippen LogP contribution in [0.3, 0.4) is 0 Å². The summed E-state index contributed by atoms with van der Waals surface area (Å²) >= 11 is 0. The second kappa shape index (κ2) is 4.62. The summed E-state index contributed by atoms with van der Waals surface area (Å²) in [5.41, 5.74) is 7.22. The molecule has 0 aliphatic heterocycles. The lowest BCUT2D eigenvalue weighted by molar-refractivity contribution is 0.504. The van der Waals surface area contributed by atoms with Crippen molar-refractivity contribution in [2.75, 3.05) is 11.9 Å². The van der Waals surface area contributed by atoms with Gasteiger partial charge in [-0.1, -0.05) is 12.5 Å². The van der Waals surface area contributed by atoms with Crippen LogP contribution in [0.4, 0.5) is 5.82 Å². The summed E-state index contributed by atoms with van der Waals surface area (Å²) < 4.78 is 0. The van der Waals surface area contributed by atoms with Gasteiger partial charge in [0.1, 0.15) is 5.82 Å². The van der Waals surface area contributed by atoms with Gasteiger partial charge in [-0.05, 0) is 37.3 Å². The molecule has 0 radical (unpaired) electrons. The molecule has 0 aromatic carbocycles. The van der Waals surface area contributed by atoms with E-state index in [1.807, 2.05) is 12.3 Å². The average Bonchev–Trinajstić information content (AvgIpc) is 2.63. The molecule has 2 rings (SSSR count). The molecule has 0 bridgehead atoms. The van der Waals surface area contributed by atoms with Crippen LogP contribution >= 0.6 is 0 Å². The first kappa shape index (κ1) is 10.4. The molecule has 0 saturated heterocycles. The van der Waals surface area contributed by atoms with Crippen LogP contribution in [0, 0.1) is 12.8 Å². The number of anilines is 1. The summed E-state index contributed by atoms with van der Waals surface area (Å²) in [5, 5.41) is 3.39. The number of nitrogens with one attached hydrogen (secondary N) is 1. The maximum atomic E-state index is 6.02. The maximum absolute atomic E-state index is 6.02. The molecular formula is C12H19N3. The molecule has 3 N–H and O–H groups in total. The number of nitrogens with two attached hydrogens (primary N) is 1. The van der Waals surface area contributed by atoms with Gasteiger partial charge in [-0.25, -0.2) is 4.98 Å². The fraction of sp³-hybridized carbons (Fsp3) is 0.583. The van der Waals surface area contributed by atoms with Crippen molar-refractivity contribution < 1.29 is 0 Å². The van der Waals surface area contributed by atoms with Crippen molar-refractivity contribution in [3.63, 3.8) is 0 Å². The largest absolute Gasteiger partial charge is 0.370 e.